The summed E-state index contributed by atoms with van der Waals surface area (Å²) in [6.45, 7) is 8.74. The molecule has 19 heavy (non-hydrogen) atoms. The van der Waals surface area contributed by atoms with Gasteiger partial charge < -0.3 is 0 Å². The molecule has 0 spiro atoms. The molecule has 0 bridgehead atoms. The number of nitrogens with zero attached hydrogens (tertiary/aromatic N) is 1. The average Bonchev–Trinajstić information content (AvgIpc) is 2.48. The Bertz CT molecular complexity index is 518. The Morgan fingerprint density at radius 3 is 2.42 bits per heavy atom. The number of benzene rings is 1. The first kappa shape index (κ1) is 13.8. The fourth-order valence-corrected chi connectivity index (χ4v) is 2.74. The summed E-state index contributed by atoms with van der Waals surface area (Å²) < 4.78 is 0. The van der Waals surface area contributed by atoms with E-state index in [4.69, 9.17) is 0 Å². The summed E-state index contributed by atoms with van der Waals surface area (Å²) in [6.07, 6.45) is 6.97. The zero-order chi connectivity index (χ0) is 13.7. The van der Waals surface area contributed by atoms with Gasteiger partial charge in [0.15, 0.2) is 0 Å². The second-order valence-corrected chi connectivity index (χ2v) is 5.34. The van der Waals surface area contributed by atoms with Gasteiger partial charge in [-0.2, -0.15) is 0 Å². The predicted octanol–water partition coefficient (Wildman–Crippen LogP) is 5.03. The second kappa shape index (κ2) is 6.01. The quantitative estimate of drug-likeness (QED) is 0.727. The van der Waals surface area contributed by atoms with Crippen molar-refractivity contribution in [3.63, 3.8) is 0 Å². The van der Waals surface area contributed by atoms with Gasteiger partial charge in [0, 0.05) is 12.4 Å². The van der Waals surface area contributed by atoms with E-state index in [1.807, 2.05) is 12.4 Å². The zero-order valence-corrected chi connectivity index (χ0v) is 11.9. The molecule has 99 valence electrons. The predicted molar refractivity (Wildman–Crippen MR) is 81.9 cm³/mol. The van der Waals surface area contributed by atoms with Crippen LogP contribution in [0.25, 0.3) is 11.1 Å². The first-order valence-electron chi connectivity index (χ1n) is 7.00. The van der Waals surface area contributed by atoms with E-state index in [0.717, 1.165) is 6.42 Å². The summed E-state index contributed by atoms with van der Waals surface area (Å²) >= 11 is 0. The monoisotopic (exact) mass is 252 g/mol. The van der Waals surface area contributed by atoms with Gasteiger partial charge in [-0.3, -0.25) is 4.98 Å². The van der Waals surface area contributed by atoms with Crippen LogP contribution in [0.3, 0.4) is 0 Å². The number of aromatic nitrogens is 1. The highest BCUT2D eigenvalue weighted by atomic mass is 14.6. The van der Waals surface area contributed by atoms with E-state index in [9.17, 15) is 0 Å². The summed E-state index contributed by atoms with van der Waals surface area (Å²) in [6, 6.07) is 12.8. The lowest BCUT2D eigenvalue weighted by molar-refractivity contribution is 0.433. The maximum absolute atomic E-state index is 4.18. The summed E-state index contributed by atoms with van der Waals surface area (Å²) in [5.41, 5.74) is 4.10. The Kier molecular flexibility index (Phi) is 4.36. The van der Waals surface area contributed by atoms with E-state index in [1.165, 1.54) is 29.5 Å². The SMILES string of the molecule is [CH2]CC(C)(CCC)c1ccccc1-c1ccncc1. The highest BCUT2D eigenvalue weighted by Crippen LogP contribution is 2.38. The van der Waals surface area contributed by atoms with Crippen LogP contribution in [0, 0.1) is 6.92 Å². The molecule has 0 amide bonds. The average molecular weight is 252 g/mol. The summed E-state index contributed by atoms with van der Waals surface area (Å²) in [4.78, 5) is 4.11. The largest absolute Gasteiger partial charge is 0.265 e. The Hall–Kier alpha value is -1.63. The van der Waals surface area contributed by atoms with Crippen LogP contribution in [0.1, 0.15) is 38.7 Å². The molecular formula is C18H22N. The molecule has 1 radical (unpaired) electrons. The van der Waals surface area contributed by atoms with Crippen molar-refractivity contribution in [2.24, 2.45) is 0 Å². The minimum absolute atomic E-state index is 0.147. The molecule has 0 saturated carbocycles. The number of rotatable bonds is 5. The third kappa shape index (κ3) is 2.86. The van der Waals surface area contributed by atoms with Crippen LogP contribution in [0.5, 0.6) is 0 Å². The lowest BCUT2D eigenvalue weighted by atomic mass is 9.74. The first-order valence-corrected chi connectivity index (χ1v) is 7.00. The van der Waals surface area contributed by atoms with Gasteiger partial charge in [-0.15, -0.1) is 0 Å². The van der Waals surface area contributed by atoms with Crippen molar-refractivity contribution >= 4 is 0 Å². The second-order valence-electron chi connectivity index (χ2n) is 5.34. The van der Waals surface area contributed by atoms with E-state index >= 15 is 0 Å². The molecule has 0 aliphatic carbocycles. The highest BCUT2D eigenvalue weighted by Gasteiger charge is 2.26. The lowest BCUT2D eigenvalue weighted by Gasteiger charge is -2.31. The molecule has 1 atom stereocenters. The van der Waals surface area contributed by atoms with Crippen molar-refractivity contribution in [1.29, 1.82) is 0 Å². The topological polar surface area (TPSA) is 12.9 Å². The Morgan fingerprint density at radius 2 is 1.79 bits per heavy atom. The van der Waals surface area contributed by atoms with Gasteiger partial charge in [0.1, 0.15) is 0 Å². The molecule has 1 heteroatoms. The van der Waals surface area contributed by atoms with Gasteiger partial charge in [-0.05, 0) is 47.1 Å². The Balaban J connectivity index is 2.53. The third-order valence-corrected chi connectivity index (χ3v) is 3.92. The molecule has 0 aliphatic heterocycles. The maximum atomic E-state index is 4.18. The van der Waals surface area contributed by atoms with Crippen molar-refractivity contribution < 1.29 is 0 Å². The zero-order valence-electron chi connectivity index (χ0n) is 11.9. The smallest absolute Gasteiger partial charge is 0.0273 e. The van der Waals surface area contributed by atoms with Crippen molar-refractivity contribution in [1.82, 2.24) is 4.98 Å². The molecule has 1 aromatic heterocycles. The van der Waals surface area contributed by atoms with Crippen molar-refractivity contribution in [2.45, 2.75) is 38.5 Å². The van der Waals surface area contributed by atoms with Gasteiger partial charge in [0.05, 0.1) is 0 Å². The van der Waals surface area contributed by atoms with Crippen LogP contribution < -0.4 is 0 Å². The fraction of sp³-hybridized carbons (Fsp3) is 0.333. The van der Waals surface area contributed by atoms with Gasteiger partial charge >= 0.3 is 0 Å². The Labute approximate surface area is 116 Å². The molecule has 0 fully saturated rings. The van der Waals surface area contributed by atoms with E-state index in [-0.39, 0.29) is 5.41 Å². The van der Waals surface area contributed by atoms with Crippen LogP contribution in [0.2, 0.25) is 0 Å². The normalized spacial score (nSPS) is 14.1. The molecule has 0 aliphatic rings. The van der Waals surface area contributed by atoms with Crippen LogP contribution in [-0.4, -0.2) is 4.98 Å². The molecule has 1 heterocycles. The van der Waals surface area contributed by atoms with Crippen molar-refractivity contribution in [2.75, 3.05) is 0 Å². The maximum Gasteiger partial charge on any atom is 0.0273 e. The fourth-order valence-electron chi connectivity index (χ4n) is 2.74. The molecule has 1 unspecified atom stereocenters. The van der Waals surface area contributed by atoms with E-state index < -0.39 is 0 Å². The first-order chi connectivity index (χ1) is 9.21. The minimum Gasteiger partial charge on any atom is -0.265 e. The number of hydrogen-bond donors (Lipinski definition) is 0. The molecular weight excluding hydrogens is 230 g/mol. The summed E-state index contributed by atoms with van der Waals surface area (Å²) in [7, 11) is 0. The summed E-state index contributed by atoms with van der Waals surface area (Å²) in [5, 5.41) is 0. The summed E-state index contributed by atoms with van der Waals surface area (Å²) in [5.74, 6) is 0. The number of hydrogen-bond acceptors (Lipinski definition) is 1. The van der Waals surface area contributed by atoms with Crippen molar-refractivity contribution in [3.05, 3.63) is 61.3 Å². The highest BCUT2D eigenvalue weighted by molar-refractivity contribution is 5.68. The van der Waals surface area contributed by atoms with Crippen LogP contribution in [0.15, 0.2) is 48.8 Å². The van der Waals surface area contributed by atoms with Gasteiger partial charge in [-0.25, -0.2) is 0 Å². The van der Waals surface area contributed by atoms with Crippen LogP contribution >= 0.6 is 0 Å². The number of pyridine rings is 1. The van der Waals surface area contributed by atoms with Crippen LogP contribution in [-0.2, 0) is 5.41 Å². The standard InChI is InChI=1S/C18H22N/c1-4-12-18(3,5-2)17-9-7-6-8-16(17)15-10-13-19-14-11-15/h6-11,13-14H,2,4-5,12H2,1,3H3. The lowest BCUT2D eigenvalue weighted by Crippen LogP contribution is -2.21. The molecule has 1 aromatic carbocycles. The van der Waals surface area contributed by atoms with Gasteiger partial charge in [0.2, 0.25) is 0 Å². The molecule has 0 N–H and O–H groups in total. The molecule has 2 rings (SSSR count). The van der Waals surface area contributed by atoms with E-state index in [2.05, 4.69) is 62.2 Å². The molecule has 2 aromatic rings. The molecule has 1 nitrogen and oxygen atoms in total. The van der Waals surface area contributed by atoms with Crippen LogP contribution in [0.4, 0.5) is 0 Å². The van der Waals surface area contributed by atoms with E-state index in [0.29, 0.717) is 0 Å². The van der Waals surface area contributed by atoms with Crippen molar-refractivity contribution in [3.8, 4) is 11.1 Å². The minimum atomic E-state index is 0.147. The molecule has 0 saturated heterocycles. The Morgan fingerprint density at radius 1 is 1.11 bits per heavy atom. The van der Waals surface area contributed by atoms with Gasteiger partial charge in [-0.1, -0.05) is 51.5 Å². The van der Waals surface area contributed by atoms with E-state index in [1.54, 1.807) is 0 Å². The third-order valence-electron chi connectivity index (χ3n) is 3.92. The van der Waals surface area contributed by atoms with Gasteiger partial charge in [0.25, 0.3) is 0 Å².